The molecule has 0 bridgehead atoms. The van der Waals surface area contributed by atoms with Gasteiger partial charge in [-0.25, -0.2) is 0 Å². The molecule has 13 heavy (non-hydrogen) atoms. The molecule has 1 heterocycles. The van der Waals surface area contributed by atoms with Crippen LogP contribution in [0.3, 0.4) is 0 Å². The van der Waals surface area contributed by atoms with Gasteiger partial charge in [0.1, 0.15) is 13.2 Å². The Morgan fingerprint density at radius 3 is 2.77 bits per heavy atom. The van der Waals surface area contributed by atoms with E-state index in [2.05, 4.69) is 5.10 Å². The van der Waals surface area contributed by atoms with E-state index in [0.717, 1.165) is 17.1 Å². The van der Waals surface area contributed by atoms with Crippen LogP contribution in [0.2, 0.25) is 0 Å². The third-order valence-corrected chi connectivity index (χ3v) is 1.79. The van der Waals surface area contributed by atoms with E-state index in [1.807, 2.05) is 18.2 Å². The second-order valence-corrected chi connectivity index (χ2v) is 2.68. The predicted octanol–water partition coefficient (Wildman–Crippen LogP) is 0.750. The summed E-state index contributed by atoms with van der Waals surface area (Å²) in [5.41, 5.74) is 0.909. The molecule has 0 aliphatic carbocycles. The van der Waals surface area contributed by atoms with Gasteiger partial charge in [-0.05, 0) is 23.8 Å². The van der Waals surface area contributed by atoms with Crippen LogP contribution in [0.4, 0.5) is 0 Å². The largest absolute Gasteiger partial charge is 0.486 e. The molecule has 0 saturated carbocycles. The van der Waals surface area contributed by atoms with Crippen molar-refractivity contribution < 1.29 is 9.47 Å². The zero-order chi connectivity index (χ0) is 9.10. The quantitative estimate of drug-likeness (QED) is 0.392. The van der Waals surface area contributed by atoms with Gasteiger partial charge in [-0.15, -0.1) is 0 Å². The molecule has 1 aliphatic heterocycles. The molecular weight excluding hydrogens is 168 g/mol. The van der Waals surface area contributed by atoms with E-state index in [4.69, 9.17) is 15.3 Å². The molecule has 0 spiro atoms. The molecule has 4 heteroatoms. The van der Waals surface area contributed by atoms with Crippen LogP contribution >= 0.6 is 0 Å². The first kappa shape index (κ1) is 7.91. The van der Waals surface area contributed by atoms with Gasteiger partial charge in [-0.1, -0.05) is 0 Å². The Bertz CT molecular complexity index is 336. The summed E-state index contributed by atoms with van der Waals surface area (Å²) in [6.45, 7) is 1.20. The third kappa shape index (κ3) is 1.56. The number of rotatable bonds is 1. The number of hydrogen-bond acceptors (Lipinski definition) is 4. The maximum Gasteiger partial charge on any atom is 0.162 e. The third-order valence-electron chi connectivity index (χ3n) is 1.79. The summed E-state index contributed by atoms with van der Waals surface area (Å²) in [7, 11) is 0. The number of fused-ring (bicyclic) bond motifs is 1. The zero-order valence-electron chi connectivity index (χ0n) is 7.06. The van der Waals surface area contributed by atoms with Gasteiger partial charge in [0.05, 0.1) is 6.21 Å². The molecule has 1 aromatic rings. The summed E-state index contributed by atoms with van der Waals surface area (Å²) in [5, 5.41) is 3.43. The van der Waals surface area contributed by atoms with Gasteiger partial charge in [-0.3, -0.25) is 0 Å². The number of hydrazone groups is 1. The molecular formula is C9H10N2O2. The first-order valence-corrected chi connectivity index (χ1v) is 4.03. The molecule has 0 saturated heterocycles. The molecule has 68 valence electrons. The average Bonchev–Trinajstić information content (AvgIpc) is 2.18. The van der Waals surface area contributed by atoms with Crippen molar-refractivity contribution in [1.82, 2.24) is 0 Å². The molecule has 0 fully saturated rings. The van der Waals surface area contributed by atoms with E-state index in [9.17, 15) is 0 Å². The Hall–Kier alpha value is -1.71. The Morgan fingerprint density at radius 2 is 2.00 bits per heavy atom. The average molecular weight is 178 g/mol. The Kier molecular flexibility index (Phi) is 2.04. The molecule has 0 amide bonds. The smallest absolute Gasteiger partial charge is 0.162 e. The van der Waals surface area contributed by atoms with Crippen LogP contribution < -0.4 is 15.3 Å². The maximum atomic E-state index is 5.38. The summed E-state index contributed by atoms with van der Waals surface area (Å²) in [5.74, 6) is 6.57. The molecule has 2 N–H and O–H groups in total. The van der Waals surface area contributed by atoms with Crippen LogP contribution in [-0.4, -0.2) is 19.4 Å². The summed E-state index contributed by atoms with van der Waals surface area (Å²) < 4.78 is 10.7. The van der Waals surface area contributed by atoms with Crippen molar-refractivity contribution >= 4 is 6.21 Å². The summed E-state index contributed by atoms with van der Waals surface area (Å²) >= 11 is 0. The van der Waals surface area contributed by atoms with Crippen LogP contribution in [0.15, 0.2) is 23.3 Å². The maximum absolute atomic E-state index is 5.38. The first-order valence-electron chi connectivity index (χ1n) is 4.03. The van der Waals surface area contributed by atoms with E-state index < -0.39 is 0 Å². The highest BCUT2D eigenvalue weighted by atomic mass is 16.6. The van der Waals surface area contributed by atoms with Crippen molar-refractivity contribution in [2.75, 3.05) is 13.2 Å². The number of nitrogens with zero attached hydrogens (tertiary/aromatic N) is 1. The van der Waals surface area contributed by atoms with Crippen molar-refractivity contribution in [2.45, 2.75) is 0 Å². The van der Waals surface area contributed by atoms with Crippen LogP contribution in [0, 0.1) is 0 Å². The summed E-state index contributed by atoms with van der Waals surface area (Å²) in [4.78, 5) is 0. The van der Waals surface area contributed by atoms with Gasteiger partial charge in [0.15, 0.2) is 11.5 Å². The minimum Gasteiger partial charge on any atom is -0.486 e. The van der Waals surface area contributed by atoms with Gasteiger partial charge in [0.2, 0.25) is 0 Å². The number of ether oxygens (including phenoxy) is 2. The van der Waals surface area contributed by atoms with Crippen molar-refractivity contribution in [3.8, 4) is 11.5 Å². The Balaban J connectivity index is 2.35. The molecule has 0 aromatic heterocycles. The molecule has 0 unspecified atom stereocenters. The zero-order valence-corrected chi connectivity index (χ0v) is 7.06. The highest BCUT2D eigenvalue weighted by Crippen LogP contribution is 2.30. The molecule has 4 nitrogen and oxygen atoms in total. The Morgan fingerprint density at radius 1 is 1.23 bits per heavy atom. The highest BCUT2D eigenvalue weighted by molar-refractivity contribution is 5.80. The van der Waals surface area contributed by atoms with E-state index in [1.165, 1.54) is 0 Å². The van der Waals surface area contributed by atoms with Crippen molar-refractivity contribution in [2.24, 2.45) is 10.9 Å². The van der Waals surface area contributed by atoms with Crippen LogP contribution in [0.25, 0.3) is 0 Å². The SMILES string of the molecule is N/N=C/c1ccc2c(c1)OCCO2. The van der Waals surface area contributed by atoms with Crippen molar-refractivity contribution in [3.05, 3.63) is 23.8 Å². The lowest BCUT2D eigenvalue weighted by Crippen LogP contribution is -2.15. The van der Waals surface area contributed by atoms with Gasteiger partial charge in [0, 0.05) is 0 Å². The fourth-order valence-electron chi connectivity index (χ4n) is 1.23. The van der Waals surface area contributed by atoms with Crippen LogP contribution in [-0.2, 0) is 0 Å². The number of nitrogens with two attached hydrogens (primary N) is 1. The Labute approximate surface area is 76.0 Å². The van der Waals surface area contributed by atoms with Gasteiger partial charge < -0.3 is 15.3 Å². The topological polar surface area (TPSA) is 56.8 Å². The first-order chi connectivity index (χ1) is 6.40. The lowest BCUT2D eigenvalue weighted by atomic mass is 10.2. The van der Waals surface area contributed by atoms with E-state index in [1.54, 1.807) is 6.21 Å². The number of hydrogen-bond donors (Lipinski definition) is 1. The lowest BCUT2D eigenvalue weighted by molar-refractivity contribution is 0.171. The van der Waals surface area contributed by atoms with Crippen molar-refractivity contribution in [1.29, 1.82) is 0 Å². The molecule has 1 aromatic carbocycles. The fraction of sp³-hybridized carbons (Fsp3) is 0.222. The van der Waals surface area contributed by atoms with Gasteiger partial charge in [0.25, 0.3) is 0 Å². The highest BCUT2D eigenvalue weighted by Gasteiger charge is 2.10. The predicted molar refractivity (Wildman–Crippen MR) is 49.2 cm³/mol. The van der Waals surface area contributed by atoms with Gasteiger partial charge >= 0.3 is 0 Å². The minimum absolute atomic E-state index is 0.593. The molecule has 0 radical (unpaired) electrons. The normalized spacial score (nSPS) is 14.8. The summed E-state index contributed by atoms with van der Waals surface area (Å²) in [6, 6.07) is 5.58. The fourth-order valence-corrected chi connectivity index (χ4v) is 1.23. The van der Waals surface area contributed by atoms with Crippen LogP contribution in [0.5, 0.6) is 11.5 Å². The van der Waals surface area contributed by atoms with Gasteiger partial charge in [-0.2, -0.15) is 5.10 Å². The van der Waals surface area contributed by atoms with E-state index >= 15 is 0 Å². The molecule has 2 rings (SSSR count). The monoisotopic (exact) mass is 178 g/mol. The lowest BCUT2D eigenvalue weighted by Gasteiger charge is -2.18. The van der Waals surface area contributed by atoms with Crippen molar-refractivity contribution in [3.63, 3.8) is 0 Å². The minimum atomic E-state index is 0.593. The molecule has 1 aliphatic rings. The molecule has 0 atom stereocenters. The van der Waals surface area contributed by atoms with Crippen LogP contribution in [0.1, 0.15) is 5.56 Å². The summed E-state index contributed by atoms with van der Waals surface area (Å²) in [6.07, 6.45) is 1.57. The standard InChI is InChI=1S/C9H10N2O2/c10-11-6-7-1-2-8-9(5-7)13-4-3-12-8/h1-2,5-6H,3-4,10H2/b11-6+. The second-order valence-electron chi connectivity index (χ2n) is 2.68. The van der Waals surface area contributed by atoms with E-state index in [-0.39, 0.29) is 0 Å². The van der Waals surface area contributed by atoms with E-state index in [0.29, 0.717) is 13.2 Å². The number of benzene rings is 1. The second kappa shape index (κ2) is 3.35.